The highest BCUT2D eigenvalue weighted by molar-refractivity contribution is 5.87. The number of carbonyl (C=O) groups is 1. The molecule has 0 aliphatic carbocycles. The van der Waals surface area contributed by atoms with E-state index in [9.17, 15) is 4.79 Å². The lowest BCUT2D eigenvalue weighted by atomic mass is 10.1. The fourth-order valence-corrected chi connectivity index (χ4v) is 2.67. The zero-order valence-electron chi connectivity index (χ0n) is 14.2. The standard InChI is InChI=1S/C17H33N3O/c1-4-5-6-7-8-9-10-17(21)19-18-16-11-13-20(14-12-16)15(2)3/h15H,4-14H2,1-3H3,(H,19,21). The fraction of sp³-hybridized carbons (Fsp3) is 0.882. The molecule has 0 aromatic carbocycles. The molecule has 4 heteroatoms. The van der Waals surface area contributed by atoms with Gasteiger partial charge in [-0.25, -0.2) is 5.43 Å². The first-order valence-corrected chi connectivity index (χ1v) is 8.71. The number of unbranched alkanes of at least 4 members (excludes halogenated alkanes) is 5. The number of rotatable bonds is 9. The third kappa shape index (κ3) is 8.20. The van der Waals surface area contributed by atoms with Gasteiger partial charge in [-0.15, -0.1) is 0 Å². The minimum atomic E-state index is 0.0734. The monoisotopic (exact) mass is 295 g/mol. The minimum Gasteiger partial charge on any atom is -0.300 e. The smallest absolute Gasteiger partial charge is 0.240 e. The maximum Gasteiger partial charge on any atom is 0.240 e. The van der Waals surface area contributed by atoms with Gasteiger partial charge in [0, 0.05) is 44.1 Å². The Hall–Kier alpha value is -0.900. The van der Waals surface area contributed by atoms with Crippen molar-refractivity contribution in [3.8, 4) is 0 Å². The molecule has 0 atom stereocenters. The van der Waals surface area contributed by atoms with Gasteiger partial charge in [-0.2, -0.15) is 5.10 Å². The Kier molecular flexibility index (Phi) is 9.31. The van der Waals surface area contributed by atoms with Crippen molar-refractivity contribution in [3.63, 3.8) is 0 Å². The molecule has 21 heavy (non-hydrogen) atoms. The van der Waals surface area contributed by atoms with E-state index in [1.807, 2.05) is 0 Å². The molecule has 1 aliphatic rings. The Bertz CT molecular complexity index is 316. The average Bonchev–Trinajstić information content (AvgIpc) is 2.49. The number of hydrogen-bond donors (Lipinski definition) is 1. The first kappa shape index (κ1) is 18.1. The Morgan fingerprint density at radius 3 is 2.38 bits per heavy atom. The largest absolute Gasteiger partial charge is 0.300 e. The summed E-state index contributed by atoms with van der Waals surface area (Å²) in [6, 6.07) is 0.605. The molecule has 0 unspecified atom stereocenters. The molecule has 0 aromatic heterocycles. The molecule has 1 saturated heterocycles. The molecule has 1 heterocycles. The van der Waals surface area contributed by atoms with Crippen molar-refractivity contribution in [1.29, 1.82) is 0 Å². The van der Waals surface area contributed by atoms with Crippen LogP contribution in [0.15, 0.2) is 5.10 Å². The van der Waals surface area contributed by atoms with Gasteiger partial charge < -0.3 is 4.90 Å². The predicted octanol–water partition coefficient (Wildman–Crippen LogP) is 3.71. The van der Waals surface area contributed by atoms with Crippen LogP contribution in [0.1, 0.15) is 78.6 Å². The Morgan fingerprint density at radius 1 is 1.14 bits per heavy atom. The van der Waals surface area contributed by atoms with Crippen LogP contribution in [-0.4, -0.2) is 35.7 Å². The SMILES string of the molecule is CCCCCCCCC(=O)NN=C1CCN(C(C)C)CC1. The molecule has 1 aliphatic heterocycles. The first-order chi connectivity index (χ1) is 10.1. The molecule has 4 nitrogen and oxygen atoms in total. The van der Waals surface area contributed by atoms with Crippen LogP contribution < -0.4 is 5.43 Å². The lowest BCUT2D eigenvalue weighted by Gasteiger charge is -2.30. The quantitative estimate of drug-likeness (QED) is 0.520. The summed E-state index contributed by atoms with van der Waals surface area (Å²) in [5.41, 5.74) is 3.87. The van der Waals surface area contributed by atoms with Crippen molar-refractivity contribution in [3.05, 3.63) is 0 Å². The highest BCUT2D eigenvalue weighted by Gasteiger charge is 2.17. The summed E-state index contributed by atoms with van der Waals surface area (Å²) in [5.74, 6) is 0.0734. The van der Waals surface area contributed by atoms with Crippen LogP contribution in [-0.2, 0) is 4.79 Å². The van der Waals surface area contributed by atoms with Gasteiger partial charge in [-0.05, 0) is 20.3 Å². The van der Waals surface area contributed by atoms with Crippen molar-refractivity contribution in [1.82, 2.24) is 10.3 Å². The second-order valence-corrected chi connectivity index (χ2v) is 6.36. The molecule has 0 bridgehead atoms. The topological polar surface area (TPSA) is 44.7 Å². The fourth-order valence-electron chi connectivity index (χ4n) is 2.67. The summed E-state index contributed by atoms with van der Waals surface area (Å²) in [7, 11) is 0. The summed E-state index contributed by atoms with van der Waals surface area (Å²) < 4.78 is 0. The van der Waals surface area contributed by atoms with E-state index in [0.717, 1.165) is 44.5 Å². The van der Waals surface area contributed by atoms with Gasteiger partial charge in [-0.3, -0.25) is 4.79 Å². The Morgan fingerprint density at radius 2 is 1.76 bits per heavy atom. The van der Waals surface area contributed by atoms with Gasteiger partial charge in [0.25, 0.3) is 0 Å². The maximum absolute atomic E-state index is 11.7. The van der Waals surface area contributed by atoms with Crippen LogP contribution in [0.25, 0.3) is 0 Å². The number of carbonyl (C=O) groups excluding carboxylic acids is 1. The molecule has 0 saturated carbocycles. The number of hydrogen-bond acceptors (Lipinski definition) is 3. The van der Waals surface area contributed by atoms with E-state index >= 15 is 0 Å². The number of nitrogens with zero attached hydrogens (tertiary/aromatic N) is 2. The minimum absolute atomic E-state index is 0.0734. The van der Waals surface area contributed by atoms with Gasteiger partial charge in [-0.1, -0.05) is 39.0 Å². The van der Waals surface area contributed by atoms with E-state index in [2.05, 4.69) is 36.2 Å². The number of hydrazone groups is 1. The molecule has 122 valence electrons. The molecule has 1 rings (SSSR count). The van der Waals surface area contributed by atoms with Crippen molar-refractivity contribution in [2.24, 2.45) is 5.10 Å². The number of likely N-dealkylation sites (tertiary alicyclic amines) is 1. The molecule has 0 radical (unpaired) electrons. The van der Waals surface area contributed by atoms with E-state index < -0.39 is 0 Å². The molecule has 1 amide bonds. The Labute approximate surface area is 130 Å². The van der Waals surface area contributed by atoms with Gasteiger partial charge >= 0.3 is 0 Å². The third-order valence-electron chi connectivity index (χ3n) is 4.20. The van der Waals surface area contributed by atoms with E-state index in [0.29, 0.717) is 12.5 Å². The highest BCUT2D eigenvalue weighted by Crippen LogP contribution is 2.10. The van der Waals surface area contributed by atoms with Crippen LogP contribution in [0.3, 0.4) is 0 Å². The average molecular weight is 295 g/mol. The first-order valence-electron chi connectivity index (χ1n) is 8.71. The third-order valence-corrected chi connectivity index (χ3v) is 4.20. The van der Waals surface area contributed by atoms with Crippen LogP contribution in [0.5, 0.6) is 0 Å². The second-order valence-electron chi connectivity index (χ2n) is 6.36. The maximum atomic E-state index is 11.7. The molecule has 1 fully saturated rings. The van der Waals surface area contributed by atoms with Crippen molar-refractivity contribution in [2.75, 3.05) is 13.1 Å². The van der Waals surface area contributed by atoms with Crippen molar-refractivity contribution >= 4 is 11.6 Å². The normalized spacial score (nSPS) is 16.3. The van der Waals surface area contributed by atoms with E-state index in [1.54, 1.807) is 0 Å². The predicted molar refractivity (Wildman–Crippen MR) is 89.5 cm³/mol. The molecule has 0 spiro atoms. The number of piperidine rings is 1. The van der Waals surface area contributed by atoms with Crippen molar-refractivity contribution in [2.45, 2.75) is 84.6 Å². The summed E-state index contributed by atoms with van der Waals surface area (Å²) in [6.45, 7) is 8.79. The van der Waals surface area contributed by atoms with Gasteiger partial charge in [0.2, 0.25) is 5.91 Å². The lowest BCUT2D eigenvalue weighted by Crippen LogP contribution is -2.39. The van der Waals surface area contributed by atoms with Crippen LogP contribution in [0.4, 0.5) is 0 Å². The van der Waals surface area contributed by atoms with E-state index in [4.69, 9.17) is 0 Å². The number of nitrogens with one attached hydrogen (secondary N) is 1. The van der Waals surface area contributed by atoms with Gasteiger partial charge in [0.15, 0.2) is 0 Å². The Balaban J connectivity index is 2.08. The van der Waals surface area contributed by atoms with Crippen LogP contribution in [0, 0.1) is 0 Å². The molecular formula is C17H33N3O. The van der Waals surface area contributed by atoms with Crippen LogP contribution >= 0.6 is 0 Å². The second kappa shape index (κ2) is 10.8. The van der Waals surface area contributed by atoms with Crippen molar-refractivity contribution < 1.29 is 4.79 Å². The molecule has 1 N–H and O–H groups in total. The summed E-state index contributed by atoms with van der Waals surface area (Å²) in [5, 5.41) is 4.30. The summed E-state index contributed by atoms with van der Waals surface area (Å²) in [4.78, 5) is 14.2. The van der Waals surface area contributed by atoms with Crippen LogP contribution in [0.2, 0.25) is 0 Å². The lowest BCUT2D eigenvalue weighted by molar-refractivity contribution is -0.121. The highest BCUT2D eigenvalue weighted by atomic mass is 16.2. The molecular weight excluding hydrogens is 262 g/mol. The zero-order valence-corrected chi connectivity index (χ0v) is 14.2. The summed E-state index contributed by atoms with van der Waals surface area (Å²) in [6.07, 6.45) is 9.85. The molecule has 0 aromatic rings. The van der Waals surface area contributed by atoms with Gasteiger partial charge in [0.1, 0.15) is 0 Å². The summed E-state index contributed by atoms with van der Waals surface area (Å²) >= 11 is 0. The zero-order chi connectivity index (χ0) is 15.5. The number of amides is 1. The van der Waals surface area contributed by atoms with E-state index in [1.165, 1.54) is 25.7 Å². The van der Waals surface area contributed by atoms with Gasteiger partial charge in [0.05, 0.1) is 0 Å². The van der Waals surface area contributed by atoms with E-state index in [-0.39, 0.29) is 5.91 Å².